The summed E-state index contributed by atoms with van der Waals surface area (Å²) in [7, 11) is 0. The molecule has 16 heavy (non-hydrogen) atoms. The highest BCUT2D eigenvalue weighted by Gasteiger charge is 1.97. The largest absolute Gasteiger partial charge is 0.494 e. The molecule has 0 aliphatic carbocycles. The summed E-state index contributed by atoms with van der Waals surface area (Å²) in [4.78, 5) is 0. The van der Waals surface area contributed by atoms with Crippen LogP contribution in [0, 0.1) is 0 Å². The Kier molecular flexibility index (Phi) is 6.34. The summed E-state index contributed by atoms with van der Waals surface area (Å²) in [5.74, 6) is 2.09. The summed E-state index contributed by atoms with van der Waals surface area (Å²) in [6.07, 6.45) is 1.09. The lowest BCUT2D eigenvalue weighted by molar-refractivity contribution is 0.318. The van der Waals surface area contributed by atoms with Crippen molar-refractivity contribution in [3.05, 3.63) is 29.8 Å². The first-order valence-electron chi connectivity index (χ1n) is 5.76. The average Bonchev–Trinajstić information content (AvgIpc) is 2.28. The molecular weight excluding hydrogens is 218 g/mol. The summed E-state index contributed by atoms with van der Waals surface area (Å²) >= 11 is 1.97. The zero-order valence-electron chi connectivity index (χ0n) is 10.1. The zero-order chi connectivity index (χ0) is 11.8. The molecule has 0 spiro atoms. The first-order chi connectivity index (χ1) is 7.72. The van der Waals surface area contributed by atoms with E-state index in [1.54, 1.807) is 0 Å². The molecule has 0 saturated heterocycles. The van der Waals surface area contributed by atoms with Gasteiger partial charge in [-0.15, -0.1) is 0 Å². The van der Waals surface area contributed by atoms with Gasteiger partial charge in [0, 0.05) is 6.54 Å². The monoisotopic (exact) mass is 239 g/mol. The minimum absolute atomic E-state index is 0.570. The van der Waals surface area contributed by atoms with Crippen molar-refractivity contribution in [3.63, 3.8) is 0 Å². The van der Waals surface area contributed by atoms with Crippen molar-refractivity contribution >= 4 is 11.8 Å². The Labute approximate surface area is 103 Å². The lowest BCUT2D eigenvalue weighted by Gasteiger charge is -2.08. The number of hydrogen-bond acceptors (Lipinski definition) is 3. The van der Waals surface area contributed by atoms with Crippen molar-refractivity contribution < 1.29 is 4.74 Å². The van der Waals surface area contributed by atoms with E-state index in [0.29, 0.717) is 11.8 Å². The molecule has 0 radical (unpaired) electrons. The molecule has 0 unspecified atom stereocenters. The topological polar surface area (TPSA) is 35.2 Å². The number of thioether (sulfide) groups is 1. The molecule has 0 heterocycles. The van der Waals surface area contributed by atoms with Gasteiger partial charge in [0.1, 0.15) is 5.75 Å². The van der Waals surface area contributed by atoms with Gasteiger partial charge in [-0.25, -0.2) is 0 Å². The van der Waals surface area contributed by atoms with Crippen LogP contribution in [0.1, 0.15) is 25.8 Å². The Morgan fingerprint density at radius 1 is 1.38 bits per heavy atom. The predicted molar refractivity (Wildman–Crippen MR) is 72.0 cm³/mol. The number of rotatable bonds is 7. The van der Waals surface area contributed by atoms with E-state index in [1.807, 2.05) is 36.0 Å². The second kappa shape index (κ2) is 7.58. The molecule has 1 aromatic carbocycles. The molecule has 0 aliphatic heterocycles. The number of ether oxygens (including phenoxy) is 1. The third-order valence-electron chi connectivity index (χ3n) is 2.14. The molecule has 0 saturated carbocycles. The molecule has 0 fully saturated rings. The molecule has 0 bridgehead atoms. The molecule has 3 heteroatoms. The van der Waals surface area contributed by atoms with Gasteiger partial charge < -0.3 is 10.5 Å². The molecule has 0 aliphatic rings. The standard InChI is InChI=1S/C13H21NOS/c1-11(2)16-8-4-7-15-13-6-3-5-12(9-13)10-14/h3,5-6,9,11H,4,7-8,10,14H2,1-2H3. The number of benzene rings is 1. The quantitative estimate of drug-likeness (QED) is 0.743. The van der Waals surface area contributed by atoms with Gasteiger partial charge in [0.15, 0.2) is 0 Å². The number of hydrogen-bond donors (Lipinski definition) is 1. The van der Waals surface area contributed by atoms with Crippen molar-refractivity contribution in [1.82, 2.24) is 0 Å². The van der Waals surface area contributed by atoms with Crippen LogP contribution >= 0.6 is 11.8 Å². The molecule has 0 amide bonds. The second-order valence-corrected chi connectivity index (χ2v) is 5.66. The Balaban J connectivity index is 2.21. The van der Waals surface area contributed by atoms with Gasteiger partial charge >= 0.3 is 0 Å². The van der Waals surface area contributed by atoms with Crippen LogP contribution in [0.4, 0.5) is 0 Å². The summed E-state index contributed by atoms with van der Waals surface area (Å²) in [6, 6.07) is 7.99. The van der Waals surface area contributed by atoms with E-state index < -0.39 is 0 Å². The molecule has 90 valence electrons. The van der Waals surface area contributed by atoms with Gasteiger partial charge in [-0.2, -0.15) is 11.8 Å². The van der Waals surface area contributed by atoms with E-state index in [-0.39, 0.29) is 0 Å². The van der Waals surface area contributed by atoms with Crippen LogP contribution in [0.2, 0.25) is 0 Å². The maximum Gasteiger partial charge on any atom is 0.119 e. The van der Waals surface area contributed by atoms with E-state index in [9.17, 15) is 0 Å². The molecule has 1 aromatic rings. The van der Waals surface area contributed by atoms with Crippen LogP contribution in [0.5, 0.6) is 5.75 Å². The highest BCUT2D eigenvalue weighted by Crippen LogP contribution is 2.14. The van der Waals surface area contributed by atoms with Gasteiger partial charge in [-0.3, -0.25) is 0 Å². The van der Waals surface area contributed by atoms with E-state index >= 15 is 0 Å². The first-order valence-corrected chi connectivity index (χ1v) is 6.80. The van der Waals surface area contributed by atoms with E-state index in [2.05, 4.69) is 13.8 Å². The van der Waals surface area contributed by atoms with Crippen LogP contribution in [-0.2, 0) is 6.54 Å². The van der Waals surface area contributed by atoms with Gasteiger partial charge in [-0.1, -0.05) is 26.0 Å². The normalized spacial score (nSPS) is 10.8. The van der Waals surface area contributed by atoms with E-state index in [1.165, 1.54) is 0 Å². The van der Waals surface area contributed by atoms with Crippen molar-refractivity contribution in [1.29, 1.82) is 0 Å². The third-order valence-corrected chi connectivity index (χ3v) is 3.33. The van der Waals surface area contributed by atoms with Crippen LogP contribution in [-0.4, -0.2) is 17.6 Å². The van der Waals surface area contributed by atoms with E-state index in [4.69, 9.17) is 10.5 Å². The van der Waals surface area contributed by atoms with Crippen molar-refractivity contribution in [3.8, 4) is 5.75 Å². The summed E-state index contributed by atoms with van der Waals surface area (Å²) in [5, 5.41) is 0.709. The van der Waals surface area contributed by atoms with E-state index in [0.717, 1.165) is 30.1 Å². The molecule has 0 atom stereocenters. The van der Waals surface area contributed by atoms with Gasteiger partial charge in [0.05, 0.1) is 6.61 Å². The van der Waals surface area contributed by atoms with Crippen LogP contribution < -0.4 is 10.5 Å². The summed E-state index contributed by atoms with van der Waals surface area (Å²) in [5.41, 5.74) is 6.69. The number of nitrogens with two attached hydrogens (primary N) is 1. The highest BCUT2D eigenvalue weighted by molar-refractivity contribution is 7.99. The third kappa shape index (κ3) is 5.42. The molecule has 0 aromatic heterocycles. The maximum atomic E-state index is 5.66. The Morgan fingerprint density at radius 3 is 2.88 bits per heavy atom. The Morgan fingerprint density at radius 2 is 2.19 bits per heavy atom. The van der Waals surface area contributed by atoms with Crippen molar-refractivity contribution in [2.24, 2.45) is 5.73 Å². The lowest BCUT2D eigenvalue weighted by Crippen LogP contribution is -2.01. The molecule has 2 nitrogen and oxygen atoms in total. The van der Waals surface area contributed by atoms with Crippen molar-refractivity contribution in [2.75, 3.05) is 12.4 Å². The molecular formula is C13H21NOS. The van der Waals surface area contributed by atoms with Crippen LogP contribution in [0.15, 0.2) is 24.3 Å². The average molecular weight is 239 g/mol. The minimum atomic E-state index is 0.570. The minimum Gasteiger partial charge on any atom is -0.494 e. The van der Waals surface area contributed by atoms with Crippen LogP contribution in [0.3, 0.4) is 0 Å². The smallest absolute Gasteiger partial charge is 0.119 e. The fourth-order valence-corrected chi connectivity index (χ4v) is 2.09. The Hall–Kier alpha value is -0.670. The van der Waals surface area contributed by atoms with Gasteiger partial charge in [0.25, 0.3) is 0 Å². The second-order valence-electron chi connectivity index (χ2n) is 3.97. The fraction of sp³-hybridized carbons (Fsp3) is 0.538. The lowest BCUT2D eigenvalue weighted by atomic mass is 10.2. The molecule has 1 rings (SSSR count). The van der Waals surface area contributed by atoms with Gasteiger partial charge in [-0.05, 0) is 35.1 Å². The Bertz CT molecular complexity index is 302. The summed E-state index contributed by atoms with van der Waals surface area (Å²) < 4.78 is 5.66. The first kappa shape index (κ1) is 13.4. The highest BCUT2D eigenvalue weighted by atomic mass is 32.2. The van der Waals surface area contributed by atoms with Gasteiger partial charge in [0.2, 0.25) is 0 Å². The van der Waals surface area contributed by atoms with Crippen LogP contribution in [0.25, 0.3) is 0 Å². The predicted octanol–water partition coefficient (Wildman–Crippen LogP) is 3.06. The zero-order valence-corrected chi connectivity index (χ0v) is 10.9. The summed E-state index contributed by atoms with van der Waals surface area (Å²) in [6.45, 7) is 5.79. The SMILES string of the molecule is CC(C)SCCCOc1cccc(CN)c1. The van der Waals surface area contributed by atoms with Crippen molar-refractivity contribution in [2.45, 2.75) is 32.1 Å². The molecule has 2 N–H and O–H groups in total. The fourth-order valence-electron chi connectivity index (χ4n) is 1.33. The maximum absolute atomic E-state index is 5.66.